The molecule has 0 atom stereocenters. The lowest BCUT2D eigenvalue weighted by atomic mass is 10.1. The van der Waals surface area contributed by atoms with Crippen LogP contribution in [-0.4, -0.2) is 25.0 Å². The number of nitrogens with two attached hydrogens (primary N) is 3. The number of rotatable bonds is 2. The Hall–Kier alpha value is -2.64. The van der Waals surface area contributed by atoms with E-state index in [4.69, 9.17) is 17.2 Å². The normalized spacial score (nSPS) is 11.0. The minimum absolute atomic E-state index is 0.0162. The Kier molecular flexibility index (Phi) is 4.41. The summed E-state index contributed by atoms with van der Waals surface area (Å²) in [5, 5.41) is 0. The Morgan fingerprint density at radius 1 is 1.32 bits per heavy atom. The highest BCUT2D eigenvalue weighted by molar-refractivity contribution is 5.98. The molecule has 0 unspecified atom stereocenters. The summed E-state index contributed by atoms with van der Waals surface area (Å²) in [5.41, 5.74) is 16.0. The summed E-state index contributed by atoms with van der Waals surface area (Å²) in [5.74, 6) is -1.80. The number of halogens is 1. The number of aliphatic imine (C=N–C) groups is 2. The highest BCUT2D eigenvalue weighted by Crippen LogP contribution is 2.24. The van der Waals surface area contributed by atoms with Gasteiger partial charge < -0.3 is 21.9 Å². The lowest BCUT2D eigenvalue weighted by Gasteiger charge is -2.06. The number of carbonyl (C=O) groups excluding carboxylic acids is 1. The first kappa shape index (κ1) is 14.4. The molecular formula is C11H14FN5O2. The summed E-state index contributed by atoms with van der Waals surface area (Å²) in [6.07, 6.45) is 0. The molecule has 8 heteroatoms. The maximum Gasteiger partial charge on any atom is 0.340 e. The number of hydrogen-bond donors (Lipinski definition) is 3. The number of benzene rings is 1. The molecule has 1 rings (SSSR count). The number of ether oxygens (including phenoxy) is 1. The van der Waals surface area contributed by atoms with Gasteiger partial charge in [-0.1, -0.05) is 0 Å². The van der Waals surface area contributed by atoms with Crippen LogP contribution in [0.2, 0.25) is 0 Å². The van der Waals surface area contributed by atoms with Gasteiger partial charge in [-0.3, -0.25) is 0 Å². The van der Waals surface area contributed by atoms with E-state index in [-0.39, 0.29) is 28.7 Å². The number of esters is 1. The maximum atomic E-state index is 13.5. The van der Waals surface area contributed by atoms with E-state index in [1.165, 1.54) is 20.1 Å². The van der Waals surface area contributed by atoms with E-state index in [9.17, 15) is 9.18 Å². The Balaban J connectivity index is 3.37. The summed E-state index contributed by atoms with van der Waals surface area (Å²) in [6, 6.07) is 2.36. The van der Waals surface area contributed by atoms with E-state index in [0.29, 0.717) is 0 Å². The molecule has 7 nitrogen and oxygen atoms in total. The first-order chi connectivity index (χ1) is 8.85. The van der Waals surface area contributed by atoms with E-state index < -0.39 is 11.8 Å². The van der Waals surface area contributed by atoms with E-state index >= 15 is 0 Å². The Morgan fingerprint density at radius 2 is 1.95 bits per heavy atom. The van der Waals surface area contributed by atoms with Crippen molar-refractivity contribution in [2.24, 2.45) is 27.2 Å². The highest BCUT2D eigenvalue weighted by atomic mass is 19.1. The third-order valence-corrected chi connectivity index (χ3v) is 2.16. The Labute approximate surface area is 109 Å². The fourth-order valence-corrected chi connectivity index (χ4v) is 1.32. The molecule has 102 valence electrons. The maximum absolute atomic E-state index is 13.5. The summed E-state index contributed by atoms with van der Waals surface area (Å²) in [6.45, 7) is 1.51. The van der Waals surface area contributed by atoms with Gasteiger partial charge >= 0.3 is 5.97 Å². The number of methoxy groups -OCH3 is 1. The van der Waals surface area contributed by atoms with Crippen molar-refractivity contribution < 1.29 is 13.9 Å². The molecule has 0 aliphatic heterocycles. The second-order valence-corrected chi connectivity index (χ2v) is 3.62. The van der Waals surface area contributed by atoms with Gasteiger partial charge in [0, 0.05) is 6.07 Å². The molecule has 0 aliphatic rings. The van der Waals surface area contributed by atoms with Crippen LogP contribution in [0.15, 0.2) is 22.1 Å². The molecule has 1 aromatic rings. The second-order valence-electron chi connectivity index (χ2n) is 3.62. The van der Waals surface area contributed by atoms with E-state index in [1.807, 2.05) is 0 Å². The van der Waals surface area contributed by atoms with E-state index in [2.05, 4.69) is 14.7 Å². The number of nitrogens with zero attached hydrogens (tertiary/aromatic N) is 2. The van der Waals surface area contributed by atoms with Gasteiger partial charge in [-0.15, -0.1) is 0 Å². The molecule has 0 aromatic heterocycles. The quantitative estimate of drug-likeness (QED) is 0.398. The van der Waals surface area contributed by atoms with Crippen LogP contribution in [0.3, 0.4) is 0 Å². The summed E-state index contributed by atoms with van der Waals surface area (Å²) < 4.78 is 18.1. The summed E-state index contributed by atoms with van der Waals surface area (Å²) in [4.78, 5) is 18.8. The number of carbonyl (C=O) groups is 1. The molecule has 0 saturated carbocycles. The smallest absolute Gasteiger partial charge is 0.340 e. The van der Waals surface area contributed by atoms with Gasteiger partial charge in [-0.25, -0.2) is 14.2 Å². The monoisotopic (exact) mass is 267 g/mol. The van der Waals surface area contributed by atoms with Crippen LogP contribution in [0.1, 0.15) is 15.9 Å². The molecule has 0 spiro atoms. The van der Waals surface area contributed by atoms with Crippen LogP contribution < -0.4 is 17.2 Å². The summed E-state index contributed by atoms with van der Waals surface area (Å²) in [7, 11) is 1.20. The first-order valence-corrected chi connectivity index (χ1v) is 5.17. The SMILES string of the molecule is COC(=O)c1cc(C)c(F)cc1N=C(N)N=C(N)N. The fraction of sp³-hybridized carbons (Fsp3) is 0.182. The molecule has 0 bridgehead atoms. The van der Waals surface area contributed by atoms with Crippen LogP contribution in [0.4, 0.5) is 10.1 Å². The zero-order valence-corrected chi connectivity index (χ0v) is 10.5. The zero-order valence-electron chi connectivity index (χ0n) is 10.5. The minimum Gasteiger partial charge on any atom is -0.465 e. The van der Waals surface area contributed by atoms with Crippen molar-refractivity contribution in [3.05, 3.63) is 29.1 Å². The van der Waals surface area contributed by atoms with Crippen LogP contribution in [0.5, 0.6) is 0 Å². The zero-order chi connectivity index (χ0) is 14.6. The Bertz CT molecular complexity index is 564. The van der Waals surface area contributed by atoms with Crippen molar-refractivity contribution in [2.45, 2.75) is 6.92 Å². The molecule has 0 amide bonds. The van der Waals surface area contributed by atoms with Gasteiger partial charge in [-0.05, 0) is 18.6 Å². The highest BCUT2D eigenvalue weighted by Gasteiger charge is 2.15. The summed E-state index contributed by atoms with van der Waals surface area (Å²) >= 11 is 0. The number of aryl methyl sites for hydroxylation is 1. The first-order valence-electron chi connectivity index (χ1n) is 5.17. The van der Waals surface area contributed by atoms with Crippen molar-refractivity contribution in [3.63, 3.8) is 0 Å². The minimum atomic E-state index is -0.667. The average molecular weight is 267 g/mol. The largest absolute Gasteiger partial charge is 0.465 e. The average Bonchev–Trinajstić information content (AvgIpc) is 2.31. The van der Waals surface area contributed by atoms with Gasteiger partial charge in [0.1, 0.15) is 5.82 Å². The van der Waals surface area contributed by atoms with Crippen LogP contribution in [0, 0.1) is 12.7 Å². The van der Waals surface area contributed by atoms with Crippen molar-refractivity contribution in [1.29, 1.82) is 0 Å². The predicted octanol–water partition coefficient (Wildman–Crippen LogP) is 0.140. The van der Waals surface area contributed by atoms with Gasteiger partial charge in [-0.2, -0.15) is 4.99 Å². The van der Waals surface area contributed by atoms with Gasteiger partial charge in [0.25, 0.3) is 0 Å². The number of hydrogen-bond acceptors (Lipinski definition) is 3. The predicted molar refractivity (Wildman–Crippen MR) is 69.6 cm³/mol. The lowest BCUT2D eigenvalue weighted by molar-refractivity contribution is 0.0601. The standard InChI is InChI=1S/C11H14FN5O2/c1-5-3-6(9(18)19-2)8(4-7(5)12)16-11(15)17-10(13)14/h3-4H,1-2H3,(H6,13,14,15,16,17). The molecule has 0 fully saturated rings. The molecule has 0 radical (unpaired) electrons. The Morgan fingerprint density at radius 3 is 2.47 bits per heavy atom. The molecule has 0 saturated heterocycles. The van der Waals surface area contributed by atoms with Crippen LogP contribution in [-0.2, 0) is 4.74 Å². The van der Waals surface area contributed by atoms with Crippen molar-refractivity contribution >= 4 is 23.6 Å². The molecular weight excluding hydrogens is 253 g/mol. The van der Waals surface area contributed by atoms with Crippen molar-refractivity contribution in [3.8, 4) is 0 Å². The van der Waals surface area contributed by atoms with Gasteiger partial charge in [0.15, 0.2) is 5.96 Å². The third-order valence-electron chi connectivity index (χ3n) is 2.16. The van der Waals surface area contributed by atoms with Gasteiger partial charge in [0.05, 0.1) is 18.4 Å². The van der Waals surface area contributed by atoms with Crippen molar-refractivity contribution in [1.82, 2.24) is 0 Å². The lowest BCUT2D eigenvalue weighted by Crippen LogP contribution is -2.26. The van der Waals surface area contributed by atoms with Crippen LogP contribution in [0.25, 0.3) is 0 Å². The van der Waals surface area contributed by atoms with E-state index in [0.717, 1.165) is 6.07 Å². The second kappa shape index (κ2) is 5.80. The van der Waals surface area contributed by atoms with Crippen LogP contribution >= 0.6 is 0 Å². The molecule has 19 heavy (non-hydrogen) atoms. The number of guanidine groups is 2. The molecule has 0 aliphatic carbocycles. The van der Waals surface area contributed by atoms with Crippen molar-refractivity contribution in [2.75, 3.05) is 7.11 Å². The molecule has 1 aromatic carbocycles. The third kappa shape index (κ3) is 3.66. The fourth-order valence-electron chi connectivity index (χ4n) is 1.32. The van der Waals surface area contributed by atoms with Gasteiger partial charge in [0.2, 0.25) is 5.96 Å². The molecule has 0 heterocycles. The van der Waals surface area contributed by atoms with E-state index in [1.54, 1.807) is 0 Å². The topological polar surface area (TPSA) is 129 Å². The molecule has 6 N–H and O–H groups in total.